The zero-order valence-corrected chi connectivity index (χ0v) is 9.14. The molecule has 2 rings (SSSR count). The van der Waals surface area contributed by atoms with Crippen molar-refractivity contribution in [3.05, 3.63) is 35.6 Å². The lowest BCUT2D eigenvalue weighted by atomic mass is 9.96. The molecule has 4 nitrogen and oxygen atoms in total. The summed E-state index contributed by atoms with van der Waals surface area (Å²) < 4.78 is 17.8. The van der Waals surface area contributed by atoms with Gasteiger partial charge in [0.2, 0.25) is 0 Å². The van der Waals surface area contributed by atoms with Crippen LogP contribution in [0.15, 0.2) is 40.6 Å². The van der Waals surface area contributed by atoms with E-state index in [4.69, 9.17) is 4.74 Å². The third-order valence-electron chi connectivity index (χ3n) is 2.30. The molecule has 0 saturated heterocycles. The van der Waals surface area contributed by atoms with Crippen molar-refractivity contribution in [1.82, 2.24) is 0 Å². The van der Waals surface area contributed by atoms with Crippen LogP contribution in [-0.2, 0) is 14.3 Å². The number of ketones is 1. The molecule has 1 aliphatic heterocycles. The molecule has 17 heavy (non-hydrogen) atoms. The smallest absolute Gasteiger partial charge is 0.357 e. The van der Waals surface area contributed by atoms with Crippen LogP contribution in [-0.4, -0.2) is 30.2 Å². The van der Waals surface area contributed by atoms with Gasteiger partial charge in [0.25, 0.3) is 0 Å². The molecule has 0 aromatic rings. The Bertz CT molecular complexity index is 500. The van der Waals surface area contributed by atoms with E-state index in [1.54, 1.807) is 6.92 Å². The fourth-order valence-corrected chi connectivity index (χ4v) is 1.55. The molecular formula is C12H10FNO3. The molecule has 88 valence electrons. The first-order valence-corrected chi connectivity index (χ1v) is 5.18. The number of rotatable bonds is 2. The minimum absolute atomic E-state index is 0.0500. The minimum atomic E-state index is -1.29. The van der Waals surface area contributed by atoms with Crippen molar-refractivity contribution in [3.8, 4) is 0 Å². The number of ether oxygens (including phenoxy) is 1. The van der Waals surface area contributed by atoms with Gasteiger partial charge in [-0.3, -0.25) is 4.79 Å². The molecule has 1 aliphatic carbocycles. The fraction of sp³-hybridized carbons (Fsp3) is 0.250. The van der Waals surface area contributed by atoms with Crippen LogP contribution in [0.3, 0.4) is 0 Å². The highest BCUT2D eigenvalue weighted by Crippen LogP contribution is 2.20. The Hall–Kier alpha value is -2.04. The fourth-order valence-electron chi connectivity index (χ4n) is 1.55. The first-order valence-electron chi connectivity index (χ1n) is 5.18. The zero-order chi connectivity index (χ0) is 12.4. The second-order valence-corrected chi connectivity index (χ2v) is 3.50. The van der Waals surface area contributed by atoms with Crippen LogP contribution in [0.4, 0.5) is 4.39 Å². The van der Waals surface area contributed by atoms with Crippen molar-refractivity contribution in [2.45, 2.75) is 13.1 Å². The van der Waals surface area contributed by atoms with E-state index < -0.39 is 17.9 Å². The van der Waals surface area contributed by atoms with E-state index in [-0.39, 0.29) is 17.9 Å². The molecule has 0 aromatic carbocycles. The number of alkyl halides is 1. The first-order chi connectivity index (χ1) is 8.11. The maximum Gasteiger partial charge on any atom is 0.357 e. The SMILES string of the molecule is CCOC(=O)C1=CC(=O)C2=CC(F)C=CC2=N1. The number of hydrogen-bond donors (Lipinski definition) is 0. The average Bonchev–Trinajstić information content (AvgIpc) is 2.30. The number of carbonyl (C=O) groups is 2. The second-order valence-electron chi connectivity index (χ2n) is 3.50. The Morgan fingerprint density at radius 3 is 3.06 bits per heavy atom. The van der Waals surface area contributed by atoms with Crippen LogP contribution in [0.5, 0.6) is 0 Å². The summed E-state index contributed by atoms with van der Waals surface area (Å²) in [5.74, 6) is -1.08. The maximum absolute atomic E-state index is 13.0. The monoisotopic (exact) mass is 235 g/mol. The Morgan fingerprint density at radius 2 is 2.35 bits per heavy atom. The van der Waals surface area contributed by atoms with Crippen molar-refractivity contribution >= 4 is 17.5 Å². The van der Waals surface area contributed by atoms with Gasteiger partial charge in [-0.2, -0.15) is 0 Å². The largest absolute Gasteiger partial charge is 0.461 e. The number of allylic oxidation sites excluding steroid dienone is 5. The molecule has 5 heteroatoms. The highest BCUT2D eigenvalue weighted by Gasteiger charge is 2.25. The van der Waals surface area contributed by atoms with Crippen molar-refractivity contribution in [1.29, 1.82) is 0 Å². The predicted molar refractivity (Wildman–Crippen MR) is 59.3 cm³/mol. The molecule has 0 amide bonds. The molecule has 0 spiro atoms. The van der Waals surface area contributed by atoms with Crippen molar-refractivity contribution in [2.24, 2.45) is 4.99 Å². The van der Waals surface area contributed by atoms with Gasteiger partial charge in [-0.25, -0.2) is 14.2 Å². The minimum Gasteiger partial charge on any atom is -0.461 e. The summed E-state index contributed by atoms with van der Waals surface area (Å²) >= 11 is 0. The molecule has 1 atom stereocenters. The molecule has 1 heterocycles. The van der Waals surface area contributed by atoms with Crippen LogP contribution in [0.1, 0.15) is 6.92 Å². The summed E-state index contributed by atoms with van der Waals surface area (Å²) in [6.07, 6.45) is 3.62. The quantitative estimate of drug-likeness (QED) is 0.678. The van der Waals surface area contributed by atoms with E-state index in [1.807, 2.05) is 0 Å². The number of esters is 1. The summed E-state index contributed by atoms with van der Waals surface area (Å²) in [4.78, 5) is 27.0. The number of nitrogens with zero attached hydrogens (tertiary/aromatic N) is 1. The number of hydrogen-bond acceptors (Lipinski definition) is 4. The summed E-state index contributed by atoms with van der Waals surface area (Å²) in [7, 11) is 0. The van der Waals surface area contributed by atoms with Crippen LogP contribution in [0, 0.1) is 0 Å². The van der Waals surface area contributed by atoms with E-state index in [2.05, 4.69) is 4.99 Å². The molecule has 0 aromatic heterocycles. The van der Waals surface area contributed by atoms with Crippen LogP contribution >= 0.6 is 0 Å². The molecule has 0 radical (unpaired) electrons. The number of fused-ring (bicyclic) bond motifs is 1. The van der Waals surface area contributed by atoms with E-state index in [1.165, 1.54) is 18.2 Å². The second kappa shape index (κ2) is 4.45. The van der Waals surface area contributed by atoms with Gasteiger partial charge in [-0.05, 0) is 25.2 Å². The molecular weight excluding hydrogens is 225 g/mol. The van der Waals surface area contributed by atoms with Gasteiger partial charge in [0.1, 0.15) is 6.17 Å². The number of carbonyl (C=O) groups excluding carboxylic acids is 2. The van der Waals surface area contributed by atoms with E-state index in [0.29, 0.717) is 5.71 Å². The Labute approximate surface area is 97.2 Å². The lowest BCUT2D eigenvalue weighted by molar-refractivity contribution is -0.138. The molecule has 0 N–H and O–H groups in total. The van der Waals surface area contributed by atoms with Crippen molar-refractivity contribution < 1.29 is 18.7 Å². The molecule has 0 bridgehead atoms. The summed E-state index contributed by atoms with van der Waals surface area (Å²) in [5.41, 5.74) is 0.438. The standard InChI is InChI=1S/C12H10FNO3/c1-2-17-12(16)10-6-11(15)8-5-7(13)3-4-9(8)14-10/h3-7H,2H2,1H3. The lowest BCUT2D eigenvalue weighted by Gasteiger charge is -2.15. The highest BCUT2D eigenvalue weighted by atomic mass is 19.1. The molecule has 0 saturated carbocycles. The maximum atomic E-state index is 13.0. The van der Waals surface area contributed by atoms with Crippen molar-refractivity contribution in [3.63, 3.8) is 0 Å². The third-order valence-corrected chi connectivity index (χ3v) is 2.30. The summed E-state index contributed by atoms with van der Waals surface area (Å²) in [6, 6.07) is 0. The number of halogens is 1. The Balaban J connectivity index is 2.32. The first kappa shape index (κ1) is 11.4. The Kier molecular flexibility index (Phi) is 2.99. The predicted octanol–water partition coefficient (Wildman–Crippen LogP) is 1.29. The molecule has 0 fully saturated rings. The van der Waals surface area contributed by atoms with Gasteiger partial charge < -0.3 is 4.74 Å². The van der Waals surface area contributed by atoms with E-state index in [9.17, 15) is 14.0 Å². The van der Waals surface area contributed by atoms with Gasteiger partial charge in [0, 0.05) is 11.6 Å². The average molecular weight is 235 g/mol. The van der Waals surface area contributed by atoms with Crippen LogP contribution in [0.25, 0.3) is 0 Å². The number of aliphatic imine (C=N–C) groups is 1. The van der Waals surface area contributed by atoms with Gasteiger partial charge in [0.15, 0.2) is 11.5 Å². The van der Waals surface area contributed by atoms with Gasteiger partial charge >= 0.3 is 5.97 Å². The van der Waals surface area contributed by atoms with Crippen LogP contribution < -0.4 is 0 Å². The lowest BCUT2D eigenvalue weighted by Crippen LogP contribution is -2.22. The molecule has 1 unspecified atom stereocenters. The summed E-state index contributed by atoms with van der Waals surface area (Å²) in [5, 5.41) is 0. The van der Waals surface area contributed by atoms with Gasteiger partial charge in [-0.15, -0.1) is 0 Å². The topological polar surface area (TPSA) is 55.7 Å². The Morgan fingerprint density at radius 1 is 1.59 bits per heavy atom. The zero-order valence-electron chi connectivity index (χ0n) is 9.14. The van der Waals surface area contributed by atoms with E-state index in [0.717, 1.165) is 6.08 Å². The summed E-state index contributed by atoms with van der Waals surface area (Å²) in [6.45, 7) is 1.87. The normalized spacial score (nSPS) is 22.4. The van der Waals surface area contributed by atoms with E-state index >= 15 is 0 Å². The van der Waals surface area contributed by atoms with Crippen molar-refractivity contribution in [2.75, 3.05) is 6.61 Å². The van der Waals surface area contributed by atoms with Crippen LogP contribution in [0.2, 0.25) is 0 Å². The highest BCUT2D eigenvalue weighted by molar-refractivity contribution is 6.33. The van der Waals surface area contributed by atoms with Gasteiger partial charge in [0.05, 0.1) is 12.3 Å². The van der Waals surface area contributed by atoms with Gasteiger partial charge in [-0.1, -0.05) is 0 Å². The third kappa shape index (κ3) is 2.22. The molecule has 2 aliphatic rings.